The Morgan fingerprint density at radius 2 is 1.41 bits per heavy atom. The number of methoxy groups -OCH3 is 2. The van der Waals surface area contributed by atoms with Gasteiger partial charge in [0.2, 0.25) is 0 Å². The lowest BCUT2D eigenvalue weighted by Gasteiger charge is -2.23. The maximum Gasteiger partial charge on any atom is 0.126 e. The summed E-state index contributed by atoms with van der Waals surface area (Å²) in [6.07, 6.45) is 7.93. The van der Waals surface area contributed by atoms with E-state index in [9.17, 15) is 0 Å². The molecule has 0 radical (unpaired) electrons. The van der Waals surface area contributed by atoms with Gasteiger partial charge in [-0.15, -0.1) is 0 Å². The zero-order chi connectivity index (χ0) is 21.1. The van der Waals surface area contributed by atoms with Crippen LogP contribution in [0, 0.1) is 0 Å². The Morgan fingerprint density at radius 3 is 1.93 bits per heavy atom. The monoisotopic (exact) mass is 431 g/mol. The minimum atomic E-state index is -0.263. The standard InChI is InChI=1S/C24H35NO2P2/c1-24(2,25)19(11-9-17-28-22-15-7-5-13-20(22)26-3)12-10-18-29-23-16-8-6-14-21(23)27-4/h5-8,11,13-16,28-29H,9-10,12,17-18,25H2,1-4H3. The van der Waals surface area contributed by atoms with E-state index in [4.69, 9.17) is 15.2 Å². The number of allylic oxidation sites excluding steroid dienone is 1. The Bertz CT molecular complexity index is 784. The summed E-state index contributed by atoms with van der Waals surface area (Å²) in [7, 11) is 5.00. The van der Waals surface area contributed by atoms with Gasteiger partial charge in [-0.05, 0) is 57.6 Å². The summed E-state index contributed by atoms with van der Waals surface area (Å²) >= 11 is 0. The van der Waals surface area contributed by atoms with E-state index < -0.39 is 0 Å². The van der Waals surface area contributed by atoms with Crippen LogP contribution in [0.2, 0.25) is 0 Å². The maximum absolute atomic E-state index is 6.45. The van der Waals surface area contributed by atoms with E-state index in [1.807, 2.05) is 24.3 Å². The molecule has 0 bridgehead atoms. The maximum atomic E-state index is 6.45. The van der Waals surface area contributed by atoms with Crippen LogP contribution in [-0.2, 0) is 0 Å². The van der Waals surface area contributed by atoms with Crippen LogP contribution in [0.25, 0.3) is 0 Å². The second-order valence-corrected chi connectivity index (χ2v) is 10.4. The Hall–Kier alpha value is -1.40. The molecular formula is C24H35NO2P2. The second-order valence-electron chi connectivity index (χ2n) is 7.60. The molecule has 158 valence electrons. The largest absolute Gasteiger partial charge is 0.496 e. The molecule has 2 aromatic carbocycles. The van der Waals surface area contributed by atoms with Crippen molar-refractivity contribution in [3.8, 4) is 11.5 Å². The zero-order valence-corrected chi connectivity index (χ0v) is 20.1. The number of rotatable bonds is 12. The predicted molar refractivity (Wildman–Crippen MR) is 132 cm³/mol. The van der Waals surface area contributed by atoms with Crippen molar-refractivity contribution in [1.29, 1.82) is 0 Å². The molecular weight excluding hydrogens is 396 g/mol. The molecule has 0 saturated heterocycles. The molecule has 0 aliphatic carbocycles. The SMILES string of the molecule is COc1ccccc1PCCC=C(CCCPc1ccccc1OC)C(C)(C)N. The lowest BCUT2D eigenvalue weighted by Crippen LogP contribution is -2.34. The summed E-state index contributed by atoms with van der Waals surface area (Å²) in [4.78, 5) is 0. The van der Waals surface area contributed by atoms with Crippen molar-refractivity contribution in [2.24, 2.45) is 5.73 Å². The Morgan fingerprint density at radius 1 is 0.897 bits per heavy atom. The lowest BCUT2D eigenvalue weighted by atomic mass is 9.91. The van der Waals surface area contributed by atoms with Gasteiger partial charge in [-0.3, -0.25) is 0 Å². The average molecular weight is 431 g/mol. The molecule has 0 aliphatic rings. The second kappa shape index (κ2) is 12.3. The fourth-order valence-corrected chi connectivity index (χ4v) is 5.55. The van der Waals surface area contributed by atoms with Gasteiger partial charge in [0.05, 0.1) is 14.2 Å². The molecule has 2 rings (SSSR count). The van der Waals surface area contributed by atoms with Gasteiger partial charge < -0.3 is 15.2 Å². The fraction of sp³-hybridized carbons (Fsp3) is 0.417. The van der Waals surface area contributed by atoms with E-state index >= 15 is 0 Å². The summed E-state index contributed by atoms with van der Waals surface area (Å²) in [5.74, 6) is 1.99. The zero-order valence-electron chi connectivity index (χ0n) is 18.1. The van der Waals surface area contributed by atoms with Crippen molar-refractivity contribution in [3.05, 3.63) is 60.2 Å². The predicted octanol–water partition coefficient (Wildman–Crippen LogP) is 4.85. The molecule has 2 N–H and O–H groups in total. The number of para-hydroxylation sites is 2. The van der Waals surface area contributed by atoms with E-state index in [1.165, 1.54) is 16.2 Å². The van der Waals surface area contributed by atoms with Crippen molar-refractivity contribution < 1.29 is 9.47 Å². The number of ether oxygens (including phenoxy) is 2. The van der Waals surface area contributed by atoms with Crippen LogP contribution in [-0.4, -0.2) is 32.1 Å². The first-order valence-electron chi connectivity index (χ1n) is 10.2. The van der Waals surface area contributed by atoms with Crippen LogP contribution in [0.15, 0.2) is 60.2 Å². The van der Waals surface area contributed by atoms with Crippen LogP contribution in [0.1, 0.15) is 33.1 Å². The van der Waals surface area contributed by atoms with Gasteiger partial charge in [0.25, 0.3) is 0 Å². The van der Waals surface area contributed by atoms with Crippen LogP contribution < -0.4 is 25.8 Å². The molecule has 5 heteroatoms. The molecule has 2 atom stereocenters. The third kappa shape index (κ3) is 8.09. The molecule has 2 aromatic rings. The lowest BCUT2D eigenvalue weighted by molar-refractivity contribution is 0.418. The summed E-state index contributed by atoms with van der Waals surface area (Å²) in [5, 5.41) is 2.61. The highest BCUT2D eigenvalue weighted by atomic mass is 31.1. The van der Waals surface area contributed by atoms with Gasteiger partial charge in [0.15, 0.2) is 0 Å². The molecule has 0 aliphatic heterocycles. The van der Waals surface area contributed by atoms with Gasteiger partial charge in [-0.1, -0.05) is 65.2 Å². The van der Waals surface area contributed by atoms with Gasteiger partial charge in [0.1, 0.15) is 11.5 Å². The van der Waals surface area contributed by atoms with Gasteiger partial charge in [-0.25, -0.2) is 0 Å². The third-order valence-electron chi connectivity index (χ3n) is 4.83. The fourth-order valence-electron chi connectivity index (χ4n) is 3.22. The van der Waals surface area contributed by atoms with E-state index in [0.29, 0.717) is 0 Å². The van der Waals surface area contributed by atoms with Crippen LogP contribution in [0.4, 0.5) is 0 Å². The molecule has 0 spiro atoms. The molecule has 2 unspecified atom stereocenters. The quantitative estimate of drug-likeness (QED) is 0.297. The van der Waals surface area contributed by atoms with Crippen molar-refractivity contribution in [1.82, 2.24) is 0 Å². The van der Waals surface area contributed by atoms with E-state index in [1.54, 1.807) is 14.2 Å². The van der Waals surface area contributed by atoms with Crippen molar-refractivity contribution >= 4 is 27.8 Å². The molecule has 3 nitrogen and oxygen atoms in total. The summed E-state index contributed by atoms with van der Waals surface area (Å²) in [6, 6.07) is 16.6. The van der Waals surface area contributed by atoms with E-state index in [0.717, 1.165) is 60.2 Å². The van der Waals surface area contributed by atoms with Crippen molar-refractivity contribution in [2.75, 3.05) is 26.5 Å². The average Bonchev–Trinajstić information content (AvgIpc) is 2.72. The molecule has 0 amide bonds. The van der Waals surface area contributed by atoms with Crippen LogP contribution in [0.3, 0.4) is 0 Å². The minimum Gasteiger partial charge on any atom is -0.496 e. The third-order valence-corrected chi connectivity index (χ3v) is 7.56. The summed E-state index contributed by atoms with van der Waals surface area (Å²) in [6.45, 7) is 4.23. The molecule has 29 heavy (non-hydrogen) atoms. The van der Waals surface area contributed by atoms with Crippen LogP contribution >= 0.6 is 17.2 Å². The van der Waals surface area contributed by atoms with Crippen molar-refractivity contribution in [2.45, 2.75) is 38.6 Å². The highest BCUT2D eigenvalue weighted by Crippen LogP contribution is 2.26. The number of benzene rings is 2. The van der Waals surface area contributed by atoms with Crippen molar-refractivity contribution in [3.63, 3.8) is 0 Å². The van der Waals surface area contributed by atoms with Gasteiger partial charge >= 0.3 is 0 Å². The molecule has 0 heterocycles. The van der Waals surface area contributed by atoms with E-state index in [2.05, 4.69) is 44.2 Å². The summed E-state index contributed by atoms with van der Waals surface area (Å²) < 4.78 is 10.9. The molecule has 0 fully saturated rings. The number of nitrogens with two attached hydrogens (primary N) is 1. The van der Waals surface area contributed by atoms with Gasteiger partial charge in [0, 0.05) is 16.1 Å². The van der Waals surface area contributed by atoms with Crippen LogP contribution in [0.5, 0.6) is 11.5 Å². The normalized spacial score (nSPS) is 12.9. The first-order valence-corrected chi connectivity index (χ1v) is 12.6. The Labute approximate surface area is 180 Å². The highest BCUT2D eigenvalue weighted by molar-refractivity contribution is 7.47. The smallest absolute Gasteiger partial charge is 0.126 e. The number of hydrogen-bond donors (Lipinski definition) is 1. The van der Waals surface area contributed by atoms with E-state index in [-0.39, 0.29) is 5.54 Å². The Kier molecular flexibility index (Phi) is 10.2. The Balaban J connectivity index is 1.84. The van der Waals surface area contributed by atoms with Gasteiger partial charge in [-0.2, -0.15) is 0 Å². The first kappa shape index (κ1) is 23.9. The molecule has 0 saturated carbocycles. The topological polar surface area (TPSA) is 44.5 Å². The number of hydrogen-bond acceptors (Lipinski definition) is 3. The summed E-state index contributed by atoms with van der Waals surface area (Å²) in [5.41, 5.74) is 7.56. The minimum absolute atomic E-state index is 0.263. The first-order chi connectivity index (χ1) is 14.0. The highest BCUT2D eigenvalue weighted by Gasteiger charge is 2.16. The molecule has 0 aromatic heterocycles.